The van der Waals surface area contributed by atoms with Crippen molar-refractivity contribution in [3.63, 3.8) is 0 Å². The second-order valence-electron chi connectivity index (χ2n) is 7.20. The number of ether oxygens (including phenoxy) is 2. The Morgan fingerprint density at radius 3 is 2.66 bits per heavy atom. The van der Waals surface area contributed by atoms with E-state index in [9.17, 15) is 19.5 Å². The molecule has 1 heterocycles. The Labute approximate surface area is 183 Å². The van der Waals surface area contributed by atoms with Gasteiger partial charge in [-0.3, -0.25) is 9.59 Å². The summed E-state index contributed by atoms with van der Waals surface area (Å²) in [5.41, 5.74) is 12.4. The van der Waals surface area contributed by atoms with Gasteiger partial charge in [0.25, 0.3) is 0 Å². The topological polar surface area (TPSA) is 175 Å². The van der Waals surface area contributed by atoms with Crippen LogP contribution in [0.1, 0.15) is 39.1 Å². The van der Waals surface area contributed by atoms with Gasteiger partial charge in [0.05, 0.1) is 35.9 Å². The molecule has 3 rings (SSSR count). The molecule has 0 amide bonds. The van der Waals surface area contributed by atoms with Gasteiger partial charge < -0.3 is 31.2 Å². The third kappa shape index (κ3) is 5.22. The number of esters is 1. The molecule has 1 atom stereocenters. The molecule has 168 valence electrons. The number of aryl methyl sites for hydroxylation is 1. The molecule has 0 unspecified atom stereocenters. The molecule has 0 spiro atoms. The van der Waals surface area contributed by atoms with Crippen molar-refractivity contribution in [3.05, 3.63) is 53.1 Å². The summed E-state index contributed by atoms with van der Waals surface area (Å²) in [6.45, 7) is -0.465. The van der Waals surface area contributed by atoms with E-state index in [1.807, 2.05) is 0 Å². The molecule has 1 aliphatic rings. The lowest BCUT2D eigenvalue weighted by molar-refractivity contribution is -0.142. The minimum atomic E-state index is -1.28. The van der Waals surface area contributed by atoms with Gasteiger partial charge >= 0.3 is 11.9 Å². The van der Waals surface area contributed by atoms with E-state index in [0.29, 0.717) is 29.7 Å². The second-order valence-corrected chi connectivity index (χ2v) is 7.20. The maximum Gasteiger partial charge on any atom is 0.343 e. The van der Waals surface area contributed by atoms with Crippen molar-refractivity contribution in [3.8, 4) is 11.5 Å². The SMILES string of the molecule is NC(N)=Nc1ccc2c(c1)CCCOc1c(cccc1C(=O)C[C@@H](CO)C(=O)O)OC2=O. The number of hydrogen-bond donors (Lipinski definition) is 4. The molecule has 0 saturated carbocycles. The number of rotatable bonds is 6. The number of aliphatic hydroxyl groups is 1. The summed E-state index contributed by atoms with van der Waals surface area (Å²) >= 11 is 0. The van der Waals surface area contributed by atoms with Crippen LogP contribution in [-0.2, 0) is 11.2 Å². The van der Waals surface area contributed by atoms with Gasteiger partial charge in [-0.25, -0.2) is 9.79 Å². The number of aliphatic carboxylic acids is 1. The van der Waals surface area contributed by atoms with Crippen molar-refractivity contribution in [1.82, 2.24) is 0 Å². The first-order chi connectivity index (χ1) is 15.3. The number of hydrogen-bond acceptors (Lipinski definition) is 7. The largest absolute Gasteiger partial charge is 0.489 e. The number of fused-ring (bicyclic) bond motifs is 2. The van der Waals surface area contributed by atoms with Crippen LogP contribution in [0.4, 0.5) is 5.69 Å². The zero-order chi connectivity index (χ0) is 23.3. The summed E-state index contributed by atoms with van der Waals surface area (Å²) in [5, 5.41) is 18.3. The Hall–Kier alpha value is -3.92. The summed E-state index contributed by atoms with van der Waals surface area (Å²) in [7, 11) is 0. The van der Waals surface area contributed by atoms with Crippen LogP contribution in [0.15, 0.2) is 41.4 Å². The van der Waals surface area contributed by atoms with Crippen molar-refractivity contribution in [2.45, 2.75) is 19.3 Å². The van der Waals surface area contributed by atoms with Crippen molar-refractivity contribution in [2.75, 3.05) is 13.2 Å². The Kier molecular flexibility index (Phi) is 7.06. The first-order valence-electron chi connectivity index (χ1n) is 9.87. The molecular weight excluding hydrogens is 418 g/mol. The summed E-state index contributed by atoms with van der Waals surface area (Å²) in [5.74, 6) is -3.71. The van der Waals surface area contributed by atoms with E-state index in [4.69, 9.17) is 26.0 Å². The van der Waals surface area contributed by atoms with Crippen molar-refractivity contribution in [1.29, 1.82) is 0 Å². The highest BCUT2D eigenvalue weighted by molar-refractivity contribution is 6.01. The van der Waals surface area contributed by atoms with Crippen LogP contribution in [-0.4, -0.2) is 47.1 Å². The summed E-state index contributed by atoms with van der Waals surface area (Å²) < 4.78 is 11.3. The fourth-order valence-electron chi connectivity index (χ4n) is 3.32. The summed E-state index contributed by atoms with van der Waals surface area (Å²) in [4.78, 5) is 40.7. The average molecular weight is 441 g/mol. The molecule has 0 aliphatic carbocycles. The number of carbonyl (C=O) groups is 3. The number of aliphatic hydroxyl groups excluding tert-OH is 1. The fraction of sp³-hybridized carbons (Fsp3) is 0.273. The lowest BCUT2D eigenvalue weighted by atomic mass is 9.98. The molecule has 0 saturated heterocycles. The molecule has 32 heavy (non-hydrogen) atoms. The van der Waals surface area contributed by atoms with E-state index in [1.54, 1.807) is 18.2 Å². The maximum absolute atomic E-state index is 12.9. The Morgan fingerprint density at radius 2 is 1.97 bits per heavy atom. The number of para-hydroxylation sites is 1. The Balaban J connectivity index is 1.94. The Morgan fingerprint density at radius 1 is 1.19 bits per heavy atom. The smallest absolute Gasteiger partial charge is 0.343 e. The number of nitrogens with two attached hydrogens (primary N) is 2. The minimum Gasteiger partial charge on any atom is -0.489 e. The number of ketones is 1. The predicted molar refractivity (Wildman–Crippen MR) is 114 cm³/mol. The van der Waals surface area contributed by atoms with Gasteiger partial charge in [-0.15, -0.1) is 0 Å². The van der Waals surface area contributed by atoms with E-state index in [2.05, 4.69) is 4.99 Å². The van der Waals surface area contributed by atoms with Gasteiger partial charge in [-0.05, 0) is 48.7 Å². The number of carbonyl (C=O) groups excluding carboxylic acids is 2. The van der Waals surface area contributed by atoms with Gasteiger partial charge in [0.15, 0.2) is 23.2 Å². The van der Waals surface area contributed by atoms with E-state index in [-0.39, 0.29) is 29.6 Å². The van der Waals surface area contributed by atoms with Gasteiger partial charge in [-0.1, -0.05) is 6.07 Å². The fourth-order valence-corrected chi connectivity index (χ4v) is 3.32. The number of aliphatic imine (C=N–C) groups is 1. The van der Waals surface area contributed by atoms with Gasteiger partial charge in [0.2, 0.25) is 0 Å². The summed E-state index contributed by atoms with van der Waals surface area (Å²) in [6, 6.07) is 9.30. The monoisotopic (exact) mass is 441 g/mol. The highest BCUT2D eigenvalue weighted by Crippen LogP contribution is 2.35. The third-order valence-electron chi connectivity index (χ3n) is 4.89. The van der Waals surface area contributed by atoms with E-state index in [0.717, 1.165) is 0 Å². The van der Waals surface area contributed by atoms with Crippen molar-refractivity contribution in [2.24, 2.45) is 22.4 Å². The van der Waals surface area contributed by atoms with Gasteiger partial charge in [0, 0.05) is 6.42 Å². The molecule has 2 aromatic carbocycles. The van der Waals surface area contributed by atoms with Crippen molar-refractivity contribution >= 4 is 29.4 Å². The molecule has 0 aromatic heterocycles. The maximum atomic E-state index is 12.9. The highest BCUT2D eigenvalue weighted by atomic mass is 16.6. The van der Waals surface area contributed by atoms with Crippen LogP contribution in [0.2, 0.25) is 0 Å². The molecule has 0 bridgehead atoms. The van der Waals surface area contributed by atoms with Gasteiger partial charge in [0.1, 0.15) is 0 Å². The minimum absolute atomic E-state index is 0.0397. The van der Waals surface area contributed by atoms with E-state index >= 15 is 0 Å². The lowest BCUT2D eigenvalue weighted by Crippen LogP contribution is -2.22. The normalized spacial score (nSPS) is 14.1. The molecular formula is C22H23N3O7. The van der Waals surface area contributed by atoms with Crippen LogP contribution < -0.4 is 20.9 Å². The van der Waals surface area contributed by atoms with Gasteiger partial charge in [-0.2, -0.15) is 0 Å². The number of carboxylic acid groups (broad SMARTS) is 1. The zero-order valence-corrected chi connectivity index (χ0v) is 17.1. The molecule has 10 heteroatoms. The molecule has 0 radical (unpaired) electrons. The van der Waals surface area contributed by atoms with Crippen LogP contribution in [0.25, 0.3) is 0 Å². The number of carboxylic acids is 1. The number of benzene rings is 2. The zero-order valence-electron chi connectivity index (χ0n) is 17.1. The highest BCUT2D eigenvalue weighted by Gasteiger charge is 2.26. The first kappa shape index (κ1) is 22.8. The second kappa shape index (κ2) is 9.92. The van der Waals surface area contributed by atoms with Crippen LogP contribution in [0, 0.1) is 5.92 Å². The van der Waals surface area contributed by atoms with Crippen LogP contribution in [0.3, 0.4) is 0 Å². The van der Waals surface area contributed by atoms with E-state index in [1.165, 1.54) is 18.2 Å². The quantitative estimate of drug-likeness (QED) is 0.170. The van der Waals surface area contributed by atoms with Crippen molar-refractivity contribution < 1.29 is 34.1 Å². The standard InChI is InChI=1S/C22H23N3O7/c23-22(24)25-14-6-7-15-12(9-14)3-2-8-31-19-16(4-1-5-18(19)32-21(15)30)17(27)10-13(11-26)20(28)29/h1,4-7,9,13,26H,2-3,8,10-11H2,(H,28,29)(H4,23,24,25)/t13-/m0/s1. The molecule has 1 aliphatic heterocycles. The molecule has 10 nitrogen and oxygen atoms in total. The van der Waals surface area contributed by atoms with Crippen LogP contribution >= 0.6 is 0 Å². The summed E-state index contributed by atoms with van der Waals surface area (Å²) in [6.07, 6.45) is 0.563. The third-order valence-corrected chi connectivity index (χ3v) is 4.89. The average Bonchev–Trinajstić information content (AvgIpc) is 2.74. The van der Waals surface area contributed by atoms with E-state index < -0.39 is 36.7 Å². The first-order valence-corrected chi connectivity index (χ1v) is 9.87. The lowest BCUT2D eigenvalue weighted by Gasteiger charge is -2.19. The number of nitrogens with zero attached hydrogens (tertiary/aromatic N) is 1. The van der Waals surface area contributed by atoms with Crippen LogP contribution in [0.5, 0.6) is 11.5 Å². The predicted octanol–water partition coefficient (Wildman–Crippen LogP) is 1.40. The molecule has 0 fully saturated rings. The molecule has 2 aromatic rings. The Bertz CT molecular complexity index is 1080. The number of Topliss-reactive ketones (excluding diaryl/α,β-unsaturated/α-hetero) is 1. The molecule has 6 N–H and O–H groups in total. The number of guanidine groups is 1.